The number of nitrogens with zero attached hydrogens (tertiary/aromatic N) is 4. The van der Waals surface area contributed by atoms with Gasteiger partial charge in [0.05, 0.1) is 11.1 Å². The maximum atomic E-state index is 10.8. The molecular formula is C9H6N6O2. The summed E-state index contributed by atoms with van der Waals surface area (Å²) in [5, 5.41) is 22.3. The summed E-state index contributed by atoms with van der Waals surface area (Å²) in [5.41, 5.74) is 1.75. The third kappa shape index (κ3) is 1.42. The van der Waals surface area contributed by atoms with Crippen LogP contribution in [-0.4, -0.2) is 41.7 Å². The first kappa shape index (κ1) is 9.46. The summed E-state index contributed by atoms with van der Waals surface area (Å²) in [6.07, 6.45) is 0. The lowest BCUT2D eigenvalue weighted by Crippen LogP contribution is -1.97. The number of benzene rings is 1. The Morgan fingerprint density at radius 3 is 2.94 bits per heavy atom. The number of carboxylic acids is 1. The van der Waals surface area contributed by atoms with Crippen LogP contribution in [0.1, 0.15) is 10.6 Å². The van der Waals surface area contributed by atoms with E-state index in [0.29, 0.717) is 22.4 Å². The van der Waals surface area contributed by atoms with Crippen molar-refractivity contribution in [1.82, 2.24) is 30.6 Å². The highest BCUT2D eigenvalue weighted by Crippen LogP contribution is 2.23. The van der Waals surface area contributed by atoms with Gasteiger partial charge in [-0.3, -0.25) is 0 Å². The first-order valence-electron chi connectivity index (χ1n) is 4.71. The molecule has 0 aliphatic carbocycles. The van der Waals surface area contributed by atoms with Crippen LogP contribution in [0, 0.1) is 0 Å². The Bertz CT molecular complexity index is 687. The van der Waals surface area contributed by atoms with E-state index in [0.717, 1.165) is 0 Å². The van der Waals surface area contributed by atoms with Gasteiger partial charge < -0.3 is 10.1 Å². The molecule has 0 unspecified atom stereocenters. The van der Waals surface area contributed by atoms with Gasteiger partial charge in [-0.15, -0.1) is 10.2 Å². The Labute approximate surface area is 93.7 Å². The standard InChI is InChI=1S/C9H6N6O2/c16-9(17)8-10-5-3-1-2-4(6(5)11-8)7-12-14-15-13-7/h1-3H,(H,10,11)(H,16,17)(H,12,13,14,15). The van der Waals surface area contributed by atoms with Crippen molar-refractivity contribution in [2.75, 3.05) is 0 Å². The molecule has 0 aliphatic rings. The number of aromatic amines is 2. The van der Waals surface area contributed by atoms with Crippen LogP contribution in [-0.2, 0) is 0 Å². The van der Waals surface area contributed by atoms with Gasteiger partial charge in [0, 0.05) is 0 Å². The zero-order chi connectivity index (χ0) is 11.8. The van der Waals surface area contributed by atoms with Crippen molar-refractivity contribution in [3.05, 3.63) is 24.0 Å². The van der Waals surface area contributed by atoms with Crippen molar-refractivity contribution < 1.29 is 9.90 Å². The average Bonchev–Trinajstić information content (AvgIpc) is 2.97. The first-order valence-corrected chi connectivity index (χ1v) is 4.71. The summed E-state index contributed by atoms with van der Waals surface area (Å²) in [5.74, 6) is -0.852. The third-order valence-corrected chi connectivity index (χ3v) is 2.30. The van der Waals surface area contributed by atoms with Crippen LogP contribution in [0.15, 0.2) is 18.2 Å². The van der Waals surface area contributed by atoms with Crippen LogP contribution < -0.4 is 0 Å². The molecule has 84 valence electrons. The number of hydrogen-bond acceptors (Lipinski definition) is 5. The van der Waals surface area contributed by atoms with E-state index in [9.17, 15) is 4.79 Å². The molecule has 3 N–H and O–H groups in total. The number of carboxylic acid groups (broad SMARTS) is 1. The Morgan fingerprint density at radius 2 is 2.24 bits per heavy atom. The summed E-state index contributed by atoms with van der Waals surface area (Å²) in [6.45, 7) is 0. The number of imidazole rings is 1. The smallest absolute Gasteiger partial charge is 0.371 e. The number of tetrazole rings is 1. The van der Waals surface area contributed by atoms with Gasteiger partial charge >= 0.3 is 5.97 Å². The van der Waals surface area contributed by atoms with Gasteiger partial charge in [-0.05, 0) is 17.3 Å². The lowest BCUT2D eigenvalue weighted by Gasteiger charge is -1.94. The van der Waals surface area contributed by atoms with Gasteiger partial charge in [-0.2, -0.15) is 5.21 Å². The van der Waals surface area contributed by atoms with Crippen LogP contribution in [0.25, 0.3) is 22.4 Å². The van der Waals surface area contributed by atoms with Gasteiger partial charge in [-0.25, -0.2) is 9.78 Å². The number of rotatable bonds is 2. The molecule has 17 heavy (non-hydrogen) atoms. The van der Waals surface area contributed by atoms with Gasteiger partial charge in [0.15, 0.2) is 0 Å². The highest BCUT2D eigenvalue weighted by atomic mass is 16.4. The van der Waals surface area contributed by atoms with Gasteiger partial charge in [-0.1, -0.05) is 6.07 Å². The summed E-state index contributed by atoms with van der Waals surface area (Å²) in [6, 6.07) is 5.25. The molecule has 2 aromatic heterocycles. The molecule has 0 saturated carbocycles. The maximum absolute atomic E-state index is 10.8. The van der Waals surface area contributed by atoms with Crippen LogP contribution in [0.3, 0.4) is 0 Å². The van der Waals surface area contributed by atoms with Crippen molar-refractivity contribution in [2.45, 2.75) is 0 Å². The second-order valence-electron chi connectivity index (χ2n) is 3.33. The fraction of sp³-hybridized carbons (Fsp3) is 0. The van der Waals surface area contributed by atoms with E-state index in [4.69, 9.17) is 5.11 Å². The molecule has 0 spiro atoms. The van der Waals surface area contributed by atoms with Gasteiger partial charge in [0.1, 0.15) is 5.52 Å². The molecule has 3 aromatic rings. The summed E-state index contributed by atoms with van der Waals surface area (Å²) in [7, 11) is 0. The molecule has 0 saturated heterocycles. The number of H-pyrrole nitrogens is 2. The maximum Gasteiger partial charge on any atom is 0.371 e. The van der Waals surface area contributed by atoms with E-state index in [2.05, 4.69) is 30.6 Å². The Balaban J connectivity index is 2.29. The molecule has 0 atom stereocenters. The molecule has 0 radical (unpaired) electrons. The van der Waals surface area contributed by atoms with Crippen LogP contribution in [0.2, 0.25) is 0 Å². The van der Waals surface area contributed by atoms with Crippen molar-refractivity contribution in [2.24, 2.45) is 0 Å². The van der Waals surface area contributed by atoms with E-state index in [1.54, 1.807) is 18.2 Å². The monoisotopic (exact) mass is 230 g/mol. The van der Waals surface area contributed by atoms with Crippen molar-refractivity contribution >= 4 is 17.0 Å². The van der Waals surface area contributed by atoms with E-state index in [1.807, 2.05) is 0 Å². The topological polar surface area (TPSA) is 120 Å². The van der Waals surface area contributed by atoms with Gasteiger partial charge in [0.2, 0.25) is 11.6 Å². The highest BCUT2D eigenvalue weighted by molar-refractivity contribution is 5.94. The number of aromatic carboxylic acids is 1. The second-order valence-corrected chi connectivity index (χ2v) is 3.33. The molecule has 2 heterocycles. The van der Waals surface area contributed by atoms with E-state index in [1.165, 1.54) is 0 Å². The number of para-hydroxylation sites is 1. The Morgan fingerprint density at radius 1 is 1.35 bits per heavy atom. The minimum Gasteiger partial charge on any atom is -0.475 e. The SMILES string of the molecule is O=C(O)c1nc2c(-c3nn[nH]n3)cccc2[nH]1. The molecule has 1 aromatic carbocycles. The minimum atomic E-state index is -1.11. The number of aromatic nitrogens is 6. The zero-order valence-electron chi connectivity index (χ0n) is 8.38. The van der Waals surface area contributed by atoms with E-state index in [-0.39, 0.29) is 5.82 Å². The Kier molecular flexibility index (Phi) is 1.87. The second kappa shape index (κ2) is 3.37. The average molecular weight is 230 g/mol. The molecule has 8 nitrogen and oxygen atoms in total. The number of nitrogens with one attached hydrogen (secondary N) is 2. The number of fused-ring (bicyclic) bond motifs is 1. The van der Waals surface area contributed by atoms with Crippen molar-refractivity contribution in [1.29, 1.82) is 0 Å². The first-order chi connectivity index (χ1) is 8.25. The predicted molar refractivity (Wildman–Crippen MR) is 56.2 cm³/mol. The van der Waals surface area contributed by atoms with Crippen LogP contribution in [0.5, 0.6) is 0 Å². The minimum absolute atomic E-state index is 0.115. The summed E-state index contributed by atoms with van der Waals surface area (Å²) in [4.78, 5) is 17.5. The summed E-state index contributed by atoms with van der Waals surface area (Å²) >= 11 is 0. The third-order valence-electron chi connectivity index (χ3n) is 2.30. The summed E-state index contributed by atoms with van der Waals surface area (Å²) < 4.78 is 0. The van der Waals surface area contributed by atoms with E-state index >= 15 is 0 Å². The molecule has 8 heteroatoms. The highest BCUT2D eigenvalue weighted by Gasteiger charge is 2.14. The fourth-order valence-corrected chi connectivity index (χ4v) is 1.59. The molecule has 0 bridgehead atoms. The predicted octanol–water partition coefficient (Wildman–Crippen LogP) is 0.441. The van der Waals surface area contributed by atoms with Crippen LogP contribution in [0.4, 0.5) is 0 Å². The molecule has 3 rings (SSSR count). The number of hydrogen-bond donors (Lipinski definition) is 3. The Hall–Kier alpha value is -2.77. The lowest BCUT2D eigenvalue weighted by molar-refractivity contribution is 0.0685. The van der Waals surface area contributed by atoms with Crippen molar-refractivity contribution in [3.63, 3.8) is 0 Å². The van der Waals surface area contributed by atoms with Crippen molar-refractivity contribution in [3.8, 4) is 11.4 Å². The van der Waals surface area contributed by atoms with E-state index < -0.39 is 5.97 Å². The quantitative estimate of drug-likeness (QED) is 0.587. The largest absolute Gasteiger partial charge is 0.475 e. The fourth-order valence-electron chi connectivity index (χ4n) is 1.59. The molecule has 0 amide bonds. The van der Waals surface area contributed by atoms with Crippen LogP contribution >= 0.6 is 0 Å². The molecule has 0 fully saturated rings. The molecule has 0 aliphatic heterocycles. The molecular weight excluding hydrogens is 224 g/mol. The number of carbonyl (C=O) groups is 1. The normalized spacial score (nSPS) is 10.8. The lowest BCUT2D eigenvalue weighted by atomic mass is 10.2. The zero-order valence-corrected chi connectivity index (χ0v) is 8.38. The van der Waals surface area contributed by atoms with Gasteiger partial charge in [0.25, 0.3) is 0 Å².